The fourth-order valence-electron chi connectivity index (χ4n) is 3.46. The average molecular weight is 329 g/mol. The summed E-state index contributed by atoms with van der Waals surface area (Å²) in [6.07, 6.45) is -4.54. The molecule has 0 spiro atoms. The molecule has 1 aliphatic carbocycles. The Hall–Kier alpha value is -2.56. The molecule has 1 unspecified atom stereocenters. The summed E-state index contributed by atoms with van der Waals surface area (Å²) in [6, 6.07) is 16.3. The van der Waals surface area contributed by atoms with E-state index in [0.717, 1.165) is 5.56 Å². The van der Waals surface area contributed by atoms with Crippen LogP contribution in [0.3, 0.4) is 0 Å². The molecule has 0 fully saturated rings. The van der Waals surface area contributed by atoms with Gasteiger partial charge < -0.3 is 4.57 Å². The van der Waals surface area contributed by atoms with Crippen LogP contribution in [0.15, 0.2) is 59.4 Å². The van der Waals surface area contributed by atoms with Gasteiger partial charge in [-0.2, -0.15) is 13.2 Å². The molecule has 0 radical (unpaired) electrons. The fraction of sp³-hybridized carbons (Fsp3) is 0.211. The standard InChI is InChI=1S/C19H14F3NO/c20-19(21,22)15-10-14-17(15)13-8-4-5-9-16(13)23(18(14)24)11-12-6-2-1-3-7-12/h1-9,15H,10-11H2. The number of alkyl halides is 3. The van der Waals surface area contributed by atoms with Crippen LogP contribution < -0.4 is 5.56 Å². The van der Waals surface area contributed by atoms with Crippen LogP contribution in [-0.2, 0) is 13.0 Å². The minimum Gasteiger partial charge on any atom is -0.304 e. The van der Waals surface area contributed by atoms with Crippen molar-refractivity contribution in [3.8, 4) is 0 Å². The van der Waals surface area contributed by atoms with Gasteiger partial charge in [-0.25, -0.2) is 0 Å². The summed E-state index contributed by atoms with van der Waals surface area (Å²) in [5, 5.41) is 0.525. The van der Waals surface area contributed by atoms with Crippen LogP contribution in [-0.4, -0.2) is 10.7 Å². The number of rotatable bonds is 2. The lowest BCUT2D eigenvalue weighted by atomic mass is 9.75. The van der Waals surface area contributed by atoms with Gasteiger partial charge in [0.05, 0.1) is 18.0 Å². The highest BCUT2D eigenvalue weighted by atomic mass is 19.4. The average Bonchev–Trinajstić information content (AvgIpc) is 2.51. The number of hydrogen-bond donors (Lipinski definition) is 0. The molecule has 0 aliphatic heterocycles. The molecule has 1 aromatic heterocycles. The zero-order valence-electron chi connectivity index (χ0n) is 12.7. The van der Waals surface area contributed by atoms with E-state index in [9.17, 15) is 18.0 Å². The van der Waals surface area contributed by atoms with Crippen LogP contribution in [0.2, 0.25) is 0 Å². The summed E-state index contributed by atoms with van der Waals surface area (Å²) in [4.78, 5) is 12.7. The lowest BCUT2D eigenvalue weighted by molar-refractivity contribution is -0.155. The molecule has 0 saturated carbocycles. The molecule has 3 aromatic rings. The Balaban J connectivity index is 1.93. The van der Waals surface area contributed by atoms with Crippen molar-refractivity contribution < 1.29 is 13.2 Å². The molecule has 122 valence electrons. The number of fused-ring (bicyclic) bond motifs is 3. The topological polar surface area (TPSA) is 22.0 Å². The van der Waals surface area contributed by atoms with Gasteiger partial charge in [0, 0.05) is 10.9 Å². The van der Waals surface area contributed by atoms with Gasteiger partial charge in [0.25, 0.3) is 5.56 Å². The zero-order chi connectivity index (χ0) is 16.9. The molecule has 2 nitrogen and oxygen atoms in total. The zero-order valence-corrected chi connectivity index (χ0v) is 12.7. The number of pyridine rings is 1. The lowest BCUT2D eigenvalue weighted by Crippen LogP contribution is -2.39. The largest absolute Gasteiger partial charge is 0.396 e. The molecule has 1 heterocycles. The van der Waals surface area contributed by atoms with Crippen LogP contribution in [0, 0.1) is 0 Å². The number of benzene rings is 2. The highest BCUT2D eigenvalue weighted by molar-refractivity contribution is 5.86. The van der Waals surface area contributed by atoms with E-state index < -0.39 is 12.1 Å². The Bertz CT molecular complexity index is 974. The van der Waals surface area contributed by atoms with E-state index in [0.29, 0.717) is 23.0 Å². The van der Waals surface area contributed by atoms with Crippen molar-refractivity contribution >= 4 is 10.9 Å². The second-order valence-electron chi connectivity index (χ2n) is 6.08. The van der Waals surface area contributed by atoms with Gasteiger partial charge in [-0.3, -0.25) is 4.79 Å². The minimum atomic E-state index is -4.31. The molecule has 4 rings (SSSR count). The Labute approximate surface area is 136 Å². The summed E-state index contributed by atoms with van der Waals surface area (Å²) < 4.78 is 41.1. The Morgan fingerprint density at radius 2 is 1.67 bits per heavy atom. The Morgan fingerprint density at radius 1 is 1.00 bits per heavy atom. The van der Waals surface area contributed by atoms with Crippen LogP contribution in [0.25, 0.3) is 10.9 Å². The van der Waals surface area contributed by atoms with E-state index in [1.807, 2.05) is 30.3 Å². The molecule has 0 N–H and O–H groups in total. The molecule has 5 heteroatoms. The summed E-state index contributed by atoms with van der Waals surface area (Å²) in [6.45, 7) is 0.351. The van der Waals surface area contributed by atoms with Gasteiger partial charge >= 0.3 is 6.18 Å². The van der Waals surface area contributed by atoms with E-state index in [1.54, 1.807) is 28.8 Å². The van der Waals surface area contributed by atoms with Crippen molar-refractivity contribution in [2.45, 2.75) is 25.1 Å². The van der Waals surface area contributed by atoms with Crippen molar-refractivity contribution in [3.63, 3.8) is 0 Å². The molecule has 2 aromatic carbocycles. The third kappa shape index (κ3) is 2.23. The molecular weight excluding hydrogens is 315 g/mol. The number of hydrogen-bond acceptors (Lipinski definition) is 1. The predicted octanol–water partition coefficient (Wildman–Crippen LogP) is 4.25. The quantitative estimate of drug-likeness (QED) is 0.689. The van der Waals surface area contributed by atoms with E-state index in [4.69, 9.17) is 0 Å². The normalized spacial score (nSPS) is 16.7. The summed E-state index contributed by atoms with van der Waals surface area (Å²) >= 11 is 0. The smallest absolute Gasteiger partial charge is 0.304 e. The van der Waals surface area contributed by atoms with Gasteiger partial charge in [0.15, 0.2) is 0 Å². The first kappa shape index (κ1) is 15.0. The first-order chi connectivity index (χ1) is 11.5. The predicted molar refractivity (Wildman–Crippen MR) is 86.3 cm³/mol. The lowest BCUT2D eigenvalue weighted by Gasteiger charge is -2.33. The molecule has 0 amide bonds. The molecule has 24 heavy (non-hydrogen) atoms. The number of para-hydroxylation sites is 1. The number of nitrogens with zero attached hydrogens (tertiary/aromatic N) is 1. The van der Waals surface area contributed by atoms with Crippen molar-refractivity contribution in [3.05, 3.63) is 81.6 Å². The number of halogens is 3. The fourth-order valence-corrected chi connectivity index (χ4v) is 3.46. The first-order valence-corrected chi connectivity index (χ1v) is 7.72. The van der Waals surface area contributed by atoms with Gasteiger partial charge in [0.2, 0.25) is 0 Å². The van der Waals surface area contributed by atoms with Crippen molar-refractivity contribution in [1.29, 1.82) is 0 Å². The minimum absolute atomic E-state index is 0.160. The highest BCUT2D eigenvalue weighted by Crippen LogP contribution is 2.47. The van der Waals surface area contributed by atoms with Crippen LogP contribution in [0.4, 0.5) is 13.2 Å². The van der Waals surface area contributed by atoms with E-state index in [2.05, 4.69) is 0 Å². The first-order valence-electron chi connectivity index (χ1n) is 7.72. The van der Waals surface area contributed by atoms with Gasteiger partial charge in [-0.1, -0.05) is 48.5 Å². The molecular formula is C19H14F3NO. The Kier molecular flexibility index (Phi) is 3.27. The third-order valence-corrected chi connectivity index (χ3v) is 4.65. The molecule has 0 saturated heterocycles. The van der Waals surface area contributed by atoms with Gasteiger partial charge in [-0.15, -0.1) is 0 Å². The van der Waals surface area contributed by atoms with Gasteiger partial charge in [0.1, 0.15) is 0 Å². The maximum absolute atomic E-state index is 13.2. The second-order valence-corrected chi connectivity index (χ2v) is 6.08. The summed E-state index contributed by atoms with van der Waals surface area (Å²) in [5.41, 5.74) is 1.64. The van der Waals surface area contributed by atoms with Crippen LogP contribution in [0.1, 0.15) is 22.6 Å². The summed E-state index contributed by atoms with van der Waals surface area (Å²) in [7, 11) is 0. The SMILES string of the molecule is O=c1c2c(c3ccccc3n1Cc1ccccc1)C(C(F)(F)F)C2. The number of aromatic nitrogens is 1. The molecule has 1 aliphatic rings. The summed E-state index contributed by atoms with van der Waals surface area (Å²) in [5.74, 6) is -1.53. The maximum Gasteiger partial charge on any atom is 0.396 e. The maximum atomic E-state index is 13.2. The van der Waals surface area contributed by atoms with Crippen molar-refractivity contribution in [2.24, 2.45) is 0 Å². The van der Waals surface area contributed by atoms with Crippen LogP contribution >= 0.6 is 0 Å². The highest BCUT2D eigenvalue weighted by Gasteiger charge is 2.49. The Morgan fingerprint density at radius 3 is 2.38 bits per heavy atom. The second kappa shape index (κ2) is 5.23. The van der Waals surface area contributed by atoms with Gasteiger partial charge in [-0.05, 0) is 23.6 Å². The van der Waals surface area contributed by atoms with Crippen molar-refractivity contribution in [1.82, 2.24) is 4.57 Å². The molecule has 1 atom stereocenters. The van der Waals surface area contributed by atoms with Crippen LogP contribution in [0.5, 0.6) is 0 Å². The third-order valence-electron chi connectivity index (χ3n) is 4.65. The van der Waals surface area contributed by atoms with Crippen molar-refractivity contribution in [2.75, 3.05) is 0 Å². The monoisotopic (exact) mass is 329 g/mol. The molecule has 0 bridgehead atoms. The van der Waals surface area contributed by atoms with E-state index in [-0.39, 0.29) is 17.5 Å². The van der Waals surface area contributed by atoms with E-state index in [1.165, 1.54) is 0 Å². The van der Waals surface area contributed by atoms with E-state index >= 15 is 0 Å².